The van der Waals surface area contributed by atoms with Crippen molar-refractivity contribution >= 4 is 0 Å². The van der Waals surface area contributed by atoms with Crippen molar-refractivity contribution in [1.82, 2.24) is 5.32 Å². The van der Waals surface area contributed by atoms with Crippen molar-refractivity contribution < 1.29 is 0 Å². The minimum Gasteiger partial charge on any atom is -0.307 e. The highest BCUT2D eigenvalue weighted by Gasteiger charge is 2.20. The minimum atomic E-state index is 0.845. The second-order valence-electron chi connectivity index (χ2n) is 4.29. The molecular weight excluding hydrogens is 146 g/mol. The molecule has 2 rings (SSSR count). The van der Waals surface area contributed by atoms with E-state index in [1.54, 1.807) is 6.04 Å². The number of hydrogen-bond acceptors (Lipinski definition) is 1. The van der Waals surface area contributed by atoms with E-state index in [1.165, 1.54) is 57.8 Å². The van der Waals surface area contributed by atoms with Gasteiger partial charge in [-0.15, -0.1) is 0 Å². The average molecular weight is 166 g/mol. The molecule has 1 nitrogen and oxygen atoms in total. The Morgan fingerprint density at radius 3 is 2.17 bits per heavy atom. The molecule has 0 saturated heterocycles. The van der Waals surface area contributed by atoms with Gasteiger partial charge < -0.3 is 5.32 Å². The van der Waals surface area contributed by atoms with Crippen molar-refractivity contribution in [1.29, 1.82) is 0 Å². The molecule has 1 radical (unpaired) electrons. The van der Waals surface area contributed by atoms with Crippen molar-refractivity contribution in [2.24, 2.45) is 0 Å². The summed E-state index contributed by atoms with van der Waals surface area (Å²) in [4.78, 5) is 0. The van der Waals surface area contributed by atoms with E-state index in [4.69, 9.17) is 0 Å². The van der Waals surface area contributed by atoms with Crippen molar-refractivity contribution in [2.75, 3.05) is 0 Å². The molecule has 0 bridgehead atoms. The Balaban J connectivity index is 1.69. The molecule has 0 aromatic carbocycles. The molecule has 2 aliphatic rings. The van der Waals surface area contributed by atoms with Gasteiger partial charge in [-0.25, -0.2) is 0 Å². The fraction of sp³-hybridized carbons (Fsp3) is 0.909. The second kappa shape index (κ2) is 4.27. The van der Waals surface area contributed by atoms with Gasteiger partial charge in [-0.1, -0.05) is 32.1 Å². The lowest BCUT2D eigenvalue weighted by Crippen LogP contribution is -2.31. The lowest BCUT2D eigenvalue weighted by atomic mass is 9.95. The Morgan fingerprint density at radius 1 is 0.833 bits per heavy atom. The van der Waals surface area contributed by atoms with Crippen LogP contribution in [0.25, 0.3) is 0 Å². The summed E-state index contributed by atoms with van der Waals surface area (Å²) < 4.78 is 0. The van der Waals surface area contributed by atoms with Crippen LogP contribution >= 0.6 is 0 Å². The smallest absolute Gasteiger partial charge is 0.0366 e. The normalized spacial score (nSPS) is 28.0. The zero-order chi connectivity index (χ0) is 8.23. The maximum atomic E-state index is 3.73. The van der Waals surface area contributed by atoms with Gasteiger partial charge in [0.1, 0.15) is 0 Å². The highest BCUT2D eigenvalue weighted by atomic mass is 15.0. The number of hydrogen-bond donors (Lipinski definition) is 1. The maximum Gasteiger partial charge on any atom is 0.0366 e. The standard InChI is InChI=1S/C11H20N/c1-2-6-10(7-3-1)12-11-8-4-5-9-11/h11-12H,1-9H2. The molecule has 1 heteroatoms. The van der Waals surface area contributed by atoms with Crippen LogP contribution in [-0.4, -0.2) is 6.04 Å². The third-order valence-electron chi connectivity index (χ3n) is 3.22. The van der Waals surface area contributed by atoms with Crippen LogP contribution in [0, 0.1) is 6.04 Å². The average Bonchev–Trinajstić information content (AvgIpc) is 2.59. The van der Waals surface area contributed by atoms with Crippen LogP contribution in [0.15, 0.2) is 0 Å². The van der Waals surface area contributed by atoms with E-state index in [9.17, 15) is 0 Å². The molecule has 0 aromatic heterocycles. The molecule has 0 aromatic rings. The molecule has 0 unspecified atom stereocenters. The van der Waals surface area contributed by atoms with Gasteiger partial charge in [0.2, 0.25) is 0 Å². The molecule has 0 amide bonds. The van der Waals surface area contributed by atoms with Gasteiger partial charge in [-0.3, -0.25) is 0 Å². The summed E-state index contributed by atoms with van der Waals surface area (Å²) >= 11 is 0. The van der Waals surface area contributed by atoms with Gasteiger partial charge in [-0.2, -0.15) is 0 Å². The van der Waals surface area contributed by atoms with Gasteiger partial charge >= 0.3 is 0 Å². The molecule has 2 saturated carbocycles. The summed E-state index contributed by atoms with van der Waals surface area (Å²) in [6, 6.07) is 2.51. The largest absolute Gasteiger partial charge is 0.307 e. The quantitative estimate of drug-likeness (QED) is 0.665. The lowest BCUT2D eigenvalue weighted by molar-refractivity contribution is 0.426. The third-order valence-corrected chi connectivity index (χ3v) is 3.22. The fourth-order valence-electron chi connectivity index (χ4n) is 2.48. The van der Waals surface area contributed by atoms with Gasteiger partial charge in [0, 0.05) is 12.1 Å². The first kappa shape index (κ1) is 8.55. The highest BCUT2D eigenvalue weighted by Crippen LogP contribution is 2.26. The topological polar surface area (TPSA) is 12.0 Å². The summed E-state index contributed by atoms with van der Waals surface area (Å²) in [7, 11) is 0. The predicted octanol–water partition coefficient (Wildman–Crippen LogP) is 3.01. The predicted molar refractivity (Wildman–Crippen MR) is 51.7 cm³/mol. The lowest BCUT2D eigenvalue weighted by Gasteiger charge is -2.25. The maximum absolute atomic E-state index is 3.73. The summed E-state index contributed by atoms with van der Waals surface area (Å²) in [5.74, 6) is 0. The Kier molecular flexibility index (Phi) is 3.04. The van der Waals surface area contributed by atoms with Crippen LogP contribution in [0.3, 0.4) is 0 Å². The number of nitrogens with one attached hydrogen (secondary N) is 1. The zero-order valence-electron chi connectivity index (χ0n) is 7.94. The Hall–Kier alpha value is -0.0400. The first-order chi connectivity index (χ1) is 5.95. The molecule has 0 heterocycles. The minimum absolute atomic E-state index is 0.845. The Bertz CT molecular complexity index is 121. The monoisotopic (exact) mass is 166 g/mol. The molecular formula is C11H20N. The van der Waals surface area contributed by atoms with E-state index in [-0.39, 0.29) is 0 Å². The van der Waals surface area contributed by atoms with Crippen LogP contribution < -0.4 is 5.32 Å². The first-order valence-corrected chi connectivity index (χ1v) is 5.56. The second-order valence-corrected chi connectivity index (χ2v) is 4.29. The van der Waals surface area contributed by atoms with Crippen molar-refractivity contribution in [3.05, 3.63) is 6.04 Å². The van der Waals surface area contributed by atoms with Crippen LogP contribution in [-0.2, 0) is 0 Å². The van der Waals surface area contributed by atoms with E-state index < -0.39 is 0 Å². The van der Waals surface area contributed by atoms with Crippen LogP contribution in [0.5, 0.6) is 0 Å². The molecule has 0 atom stereocenters. The van der Waals surface area contributed by atoms with Gasteiger partial charge in [0.15, 0.2) is 0 Å². The van der Waals surface area contributed by atoms with E-state index >= 15 is 0 Å². The first-order valence-electron chi connectivity index (χ1n) is 5.56. The van der Waals surface area contributed by atoms with Gasteiger partial charge in [-0.05, 0) is 25.7 Å². The van der Waals surface area contributed by atoms with Crippen molar-refractivity contribution in [3.8, 4) is 0 Å². The van der Waals surface area contributed by atoms with Gasteiger partial charge in [0.05, 0.1) is 0 Å². The van der Waals surface area contributed by atoms with E-state index in [0.717, 1.165) is 6.04 Å². The Morgan fingerprint density at radius 2 is 1.50 bits per heavy atom. The zero-order valence-corrected chi connectivity index (χ0v) is 7.94. The molecule has 69 valence electrons. The summed E-state index contributed by atoms with van der Waals surface area (Å²) in [5, 5.41) is 3.73. The van der Waals surface area contributed by atoms with Crippen LogP contribution in [0.1, 0.15) is 57.8 Å². The molecule has 12 heavy (non-hydrogen) atoms. The van der Waals surface area contributed by atoms with Crippen LogP contribution in [0.4, 0.5) is 0 Å². The summed E-state index contributed by atoms with van der Waals surface area (Å²) in [5.41, 5.74) is 0. The van der Waals surface area contributed by atoms with Crippen LogP contribution in [0.2, 0.25) is 0 Å². The molecule has 2 aliphatic carbocycles. The molecule has 0 aliphatic heterocycles. The Labute approximate surface area is 75.9 Å². The SMILES string of the molecule is C1CC[C](NC2CCCC2)CC1. The molecule has 1 N–H and O–H groups in total. The van der Waals surface area contributed by atoms with Crippen molar-refractivity contribution in [2.45, 2.75) is 63.8 Å². The van der Waals surface area contributed by atoms with E-state index in [0.29, 0.717) is 0 Å². The third kappa shape index (κ3) is 2.22. The van der Waals surface area contributed by atoms with E-state index in [1.807, 2.05) is 0 Å². The van der Waals surface area contributed by atoms with Crippen molar-refractivity contribution in [3.63, 3.8) is 0 Å². The highest BCUT2D eigenvalue weighted by molar-refractivity contribution is 4.93. The fourth-order valence-corrected chi connectivity index (χ4v) is 2.48. The number of rotatable bonds is 2. The molecule has 0 spiro atoms. The summed E-state index contributed by atoms with van der Waals surface area (Å²) in [6.45, 7) is 0. The van der Waals surface area contributed by atoms with E-state index in [2.05, 4.69) is 5.32 Å². The summed E-state index contributed by atoms with van der Waals surface area (Å²) in [6.07, 6.45) is 12.8. The molecule has 2 fully saturated rings. The van der Waals surface area contributed by atoms with Gasteiger partial charge in [0.25, 0.3) is 0 Å².